The molecule has 0 saturated heterocycles. The van der Waals surface area contributed by atoms with E-state index in [2.05, 4.69) is 13.2 Å². The number of carbonyl (C=O) groups is 1. The van der Waals surface area contributed by atoms with E-state index in [0.29, 0.717) is 18.7 Å². The van der Waals surface area contributed by atoms with Crippen molar-refractivity contribution < 1.29 is 13.2 Å². The minimum atomic E-state index is -3.24. The van der Waals surface area contributed by atoms with Crippen LogP contribution in [0.5, 0.6) is 0 Å². The Morgan fingerprint density at radius 3 is 2.00 bits per heavy atom. The Labute approximate surface area is 114 Å². The predicted octanol–water partition coefficient (Wildman–Crippen LogP) is 1.90. The average Bonchev–Trinajstić information content (AvgIpc) is 2.37. The van der Waals surface area contributed by atoms with Crippen molar-refractivity contribution in [3.63, 3.8) is 0 Å². The summed E-state index contributed by atoms with van der Waals surface area (Å²) in [5.41, 5.74) is 0.441. The normalized spacial score (nSPS) is 10.8. The van der Waals surface area contributed by atoms with Crippen LogP contribution in [0.2, 0.25) is 0 Å². The zero-order valence-electron chi connectivity index (χ0n) is 10.9. The maximum Gasteiger partial charge on any atom is 0.254 e. The van der Waals surface area contributed by atoms with Gasteiger partial charge in [0.1, 0.15) is 0 Å². The highest BCUT2D eigenvalue weighted by Crippen LogP contribution is 2.12. The zero-order valence-corrected chi connectivity index (χ0v) is 11.7. The minimum absolute atomic E-state index is 0.181. The van der Waals surface area contributed by atoms with Gasteiger partial charge in [0.2, 0.25) is 0 Å². The molecule has 0 N–H and O–H groups in total. The number of amides is 1. The molecule has 0 aliphatic heterocycles. The molecule has 0 atom stereocenters. The van der Waals surface area contributed by atoms with E-state index >= 15 is 0 Å². The van der Waals surface area contributed by atoms with Crippen LogP contribution in [0.1, 0.15) is 10.4 Å². The standard InChI is InChI=1S/C14H17NO3S/c1-4-10-15(11-5-2)14(16)12-6-8-13(9-7-12)19(3,17)18/h4-9H,1-2,10-11H2,3H3. The molecule has 0 aliphatic carbocycles. The first-order chi connectivity index (χ1) is 8.90. The van der Waals surface area contributed by atoms with Crippen LogP contribution in [-0.2, 0) is 9.84 Å². The molecular formula is C14H17NO3S. The summed E-state index contributed by atoms with van der Waals surface area (Å²) in [7, 11) is -3.24. The molecule has 0 aliphatic rings. The first-order valence-electron chi connectivity index (χ1n) is 5.71. The summed E-state index contributed by atoms with van der Waals surface area (Å²) >= 11 is 0. The molecule has 0 radical (unpaired) electrons. The van der Waals surface area contributed by atoms with Gasteiger partial charge in [0.05, 0.1) is 4.90 Å². The smallest absolute Gasteiger partial charge is 0.254 e. The molecule has 0 fully saturated rings. The van der Waals surface area contributed by atoms with E-state index in [4.69, 9.17) is 0 Å². The van der Waals surface area contributed by atoms with Crippen molar-refractivity contribution in [1.82, 2.24) is 4.90 Å². The summed E-state index contributed by atoms with van der Waals surface area (Å²) in [4.78, 5) is 13.9. The molecule has 19 heavy (non-hydrogen) atoms. The lowest BCUT2D eigenvalue weighted by molar-refractivity contribution is 0.0790. The largest absolute Gasteiger partial charge is 0.331 e. The summed E-state index contributed by atoms with van der Waals surface area (Å²) in [6, 6.07) is 5.89. The van der Waals surface area contributed by atoms with Crippen LogP contribution in [0.15, 0.2) is 54.5 Å². The Morgan fingerprint density at radius 1 is 1.16 bits per heavy atom. The van der Waals surface area contributed by atoms with Crippen LogP contribution >= 0.6 is 0 Å². The monoisotopic (exact) mass is 279 g/mol. The van der Waals surface area contributed by atoms with Gasteiger partial charge in [0, 0.05) is 24.9 Å². The van der Waals surface area contributed by atoms with Gasteiger partial charge in [-0.1, -0.05) is 12.2 Å². The molecule has 0 spiro atoms. The molecule has 0 heterocycles. The zero-order chi connectivity index (χ0) is 14.5. The summed E-state index contributed by atoms with van der Waals surface area (Å²) in [5, 5.41) is 0. The van der Waals surface area contributed by atoms with Gasteiger partial charge in [-0.2, -0.15) is 0 Å². The lowest BCUT2D eigenvalue weighted by Gasteiger charge is -2.19. The second kappa shape index (κ2) is 6.33. The fraction of sp³-hybridized carbons (Fsp3) is 0.214. The number of nitrogens with zero attached hydrogens (tertiary/aromatic N) is 1. The quantitative estimate of drug-likeness (QED) is 0.747. The van der Waals surface area contributed by atoms with Crippen molar-refractivity contribution in [2.24, 2.45) is 0 Å². The van der Waals surface area contributed by atoms with Crippen LogP contribution in [0.3, 0.4) is 0 Å². The van der Waals surface area contributed by atoms with Gasteiger partial charge < -0.3 is 4.90 Å². The molecule has 102 valence electrons. The molecular weight excluding hydrogens is 262 g/mol. The number of hydrogen-bond acceptors (Lipinski definition) is 3. The van der Waals surface area contributed by atoms with Crippen LogP contribution in [0.4, 0.5) is 0 Å². The Bertz CT molecular complexity index is 563. The second-order valence-electron chi connectivity index (χ2n) is 4.08. The molecule has 4 nitrogen and oxygen atoms in total. The molecule has 0 aromatic heterocycles. The lowest BCUT2D eigenvalue weighted by Crippen LogP contribution is -2.31. The van der Waals surface area contributed by atoms with E-state index in [9.17, 15) is 13.2 Å². The van der Waals surface area contributed by atoms with Gasteiger partial charge in [-0.3, -0.25) is 4.79 Å². The van der Waals surface area contributed by atoms with E-state index in [0.717, 1.165) is 6.26 Å². The average molecular weight is 279 g/mol. The first-order valence-corrected chi connectivity index (χ1v) is 7.60. The predicted molar refractivity (Wildman–Crippen MR) is 75.8 cm³/mol. The SMILES string of the molecule is C=CCN(CC=C)C(=O)c1ccc(S(C)(=O)=O)cc1. The third kappa shape index (κ3) is 4.06. The Morgan fingerprint density at radius 2 is 1.63 bits per heavy atom. The number of rotatable bonds is 6. The molecule has 0 unspecified atom stereocenters. The molecule has 0 bridgehead atoms. The fourth-order valence-electron chi connectivity index (χ4n) is 1.58. The summed E-state index contributed by atoms with van der Waals surface area (Å²) in [6.07, 6.45) is 4.39. The third-order valence-electron chi connectivity index (χ3n) is 2.52. The van der Waals surface area contributed by atoms with Gasteiger partial charge >= 0.3 is 0 Å². The molecule has 1 aromatic carbocycles. The topological polar surface area (TPSA) is 54.5 Å². The van der Waals surface area contributed by atoms with Crippen LogP contribution < -0.4 is 0 Å². The Hall–Kier alpha value is -1.88. The molecule has 1 amide bonds. The van der Waals surface area contributed by atoms with Gasteiger partial charge in [-0.25, -0.2) is 8.42 Å². The molecule has 1 aromatic rings. The Kier molecular flexibility index (Phi) is 5.06. The van der Waals surface area contributed by atoms with E-state index in [1.807, 2.05) is 0 Å². The van der Waals surface area contributed by atoms with Crippen molar-refractivity contribution >= 4 is 15.7 Å². The number of hydrogen-bond donors (Lipinski definition) is 0. The highest BCUT2D eigenvalue weighted by molar-refractivity contribution is 7.90. The summed E-state index contributed by atoms with van der Waals surface area (Å²) in [5.74, 6) is -0.181. The molecule has 5 heteroatoms. The van der Waals surface area contributed by atoms with Crippen molar-refractivity contribution in [2.45, 2.75) is 4.90 Å². The second-order valence-corrected chi connectivity index (χ2v) is 6.10. The van der Waals surface area contributed by atoms with Gasteiger partial charge in [0.25, 0.3) is 5.91 Å². The highest BCUT2D eigenvalue weighted by Gasteiger charge is 2.14. The van der Waals surface area contributed by atoms with Gasteiger partial charge in [-0.15, -0.1) is 13.2 Å². The van der Waals surface area contributed by atoms with Crippen molar-refractivity contribution in [2.75, 3.05) is 19.3 Å². The highest BCUT2D eigenvalue weighted by atomic mass is 32.2. The first kappa shape index (κ1) is 15.2. The number of carbonyl (C=O) groups excluding carboxylic acids is 1. The fourth-order valence-corrected chi connectivity index (χ4v) is 2.21. The van der Waals surface area contributed by atoms with E-state index in [-0.39, 0.29) is 10.8 Å². The summed E-state index contributed by atoms with van der Waals surface area (Å²) < 4.78 is 22.7. The summed E-state index contributed by atoms with van der Waals surface area (Å²) in [6.45, 7) is 8.03. The minimum Gasteiger partial charge on any atom is -0.331 e. The maximum atomic E-state index is 12.2. The van der Waals surface area contributed by atoms with Crippen molar-refractivity contribution in [1.29, 1.82) is 0 Å². The third-order valence-corrected chi connectivity index (χ3v) is 3.64. The molecule has 1 rings (SSSR count). The number of sulfone groups is 1. The maximum absolute atomic E-state index is 12.2. The van der Waals surface area contributed by atoms with Crippen LogP contribution in [0, 0.1) is 0 Å². The van der Waals surface area contributed by atoms with Gasteiger partial charge in [0.15, 0.2) is 9.84 Å². The number of benzene rings is 1. The van der Waals surface area contributed by atoms with Crippen LogP contribution in [0.25, 0.3) is 0 Å². The van der Waals surface area contributed by atoms with Gasteiger partial charge in [-0.05, 0) is 24.3 Å². The molecule has 0 saturated carbocycles. The van der Waals surface area contributed by atoms with E-state index < -0.39 is 9.84 Å². The van der Waals surface area contributed by atoms with Crippen molar-refractivity contribution in [3.8, 4) is 0 Å². The van der Waals surface area contributed by atoms with Crippen LogP contribution in [-0.4, -0.2) is 38.6 Å². The van der Waals surface area contributed by atoms with E-state index in [1.54, 1.807) is 17.1 Å². The lowest BCUT2D eigenvalue weighted by atomic mass is 10.2. The van der Waals surface area contributed by atoms with Crippen molar-refractivity contribution in [3.05, 3.63) is 55.1 Å². The van der Waals surface area contributed by atoms with E-state index in [1.165, 1.54) is 24.3 Å². The Balaban J connectivity index is 2.99.